The summed E-state index contributed by atoms with van der Waals surface area (Å²) in [5, 5.41) is 0. The molecule has 7 heteroatoms. The van der Waals surface area contributed by atoms with Crippen molar-refractivity contribution in [1.82, 2.24) is 4.98 Å². The van der Waals surface area contributed by atoms with Gasteiger partial charge in [-0.3, -0.25) is 4.57 Å². The Balaban J connectivity index is 3.10. The number of hydrogen-bond donors (Lipinski definition) is 0. The molecule has 0 fully saturated rings. The fraction of sp³-hybridized carbons (Fsp3) is 0.667. The van der Waals surface area contributed by atoms with Crippen molar-refractivity contribution in [2.45, 2.75) is 13.8 Å². The molecular weight excluding hydrogens is 231 g/mol. The third kappa shape index (κ3) is 2.64. The van der Waals surface area contributed by atoms with Gasteiger partial charge in [0.1, 0.15) is 0 Å². The molecule has 0 aliphatic rings. The zero-order valence-electron chi connectivity index (χ0n) is 9.97. The van der Waals surface area contributed by atoms with Crippen molar-refractivity contribution >= 4 is 18.9 Å². The summed E-state index contributed by atoms with van der Waals surface area (Å²) in [6.07, 6.45) is 1.23. The Morgan fingerprint density at radius 1 is 1.38 bits per heavy atom. The van der Waals surface area contributed by atoms with Crippen LogP contribution in [0.3, 0.4) is 0 Å². The summed E-state index contributed by atoms with van der Waals surface area (Å²) in [5.74, 6) is 0.394. The molecule has 1 aromatic heterocycles. The van der Waals surface area contributed by atoms with Crippen molar-refractivity contribution in [2.24, 2.45) is 0 Å². The molecule has 92 valence electrons. The van der Waals surface area contributed by atoms with E-state index >= 15 is 0 Å². The molecular formula is C9H17N2O4P. The molecule has 0 saturated carbocycles. The third-order valence-corrected chi connectivity index (χ3v) is 3.82. The van der Waals surface area contributed by atoms with Gasteiger partial charge in [0.2, 0.25) is 11.3 Å². The Labute approximate surface area is 95.1 Å². The SMILES string of the molecule is CCOP(=O)(OCC)c1ncoc1N(C)C. The number of rotatable bonds is 6. The molecule has 0 saturated heterocycles. The normalized spacial score (nSPS) is 11.8. The molecule has 6 nitrogen and oxygen atoms in total. The van der Waals surface area contributed by atoms with E-state index in [2.05, 4.69) is 4.98 Å². The maximum absolute atomic E-state index is 12.4. The Morgan fingerprint density at radius 3 is 2.38 bits per heavy atom. The van der Waals surface area contributed by atoms with Crippen molar-refractivity contribution in [1.29, 1.82) is 0 Å². The van der Waals surface area contributed by atoms with Gasteiger partial charge in [0.15, 0.2) is 6.39 Å². The molecule has 0 aromatic carbocycles. The second-order valence-corrected chi connectivity index (χ2v) is 5.14. The quantitative estimate of drug-likeness (QED) is 0.713. The minimum Gasteiger partial charge on any atom is -0.427 e. The Hall–Kier alpha value is -0.840. The van der Waals surface area contributed by atoms with Crippen molar-refractivity contribution in [3.63, 3.8) is 0 Å². The third-order valence-electron chi connectivity index (χ3n) is 1.79. The lowest BCUT2D eigenvalue weighted by atomic mass is 10.7. The average Bonchev–Trinajstić information content (AvgIpc) is 2.67. The predicted molar refractivity (Wildman–Crippen MR) is 61.3 cm³/mol. The van der Waals surface area contributed by atoms with E-state index in [0.717, 1.165) is 0 Å². The fourth-order valence-corrected chi connectivity index (χ4v) is 2.90. The van der Waals surface area contributed by atoms with E-state index in [4.69, 9.17) is 13.5 Å². The van der Waals surface area contributed by atoms with Gasteiger partial charge in [0, 0.05) is 14.1 Å². The maximum atomic E-state index is 12.4. The monoisotopic (exact) mass is 248 g/mol. The number of oxazole rings is 1. The molecule has 0 atom stereocenters. The lowest BCUT2D eigenvalue weighted by molar-refractivity contribution is 0.229. The first kappa shape index (κ1) is 13.2. The summed E-state index contributed by atoms with van der Waals surface area (Å²) in [6, 6.07) is 0. The van der Waals surface area contributed by atoms with Crippen LogP contribution in [0.15, 0.2) is 10.8 Å². The van der Waals surface area contributed by atoms with E-state index in [9.17, 15) is 4.57 Å². The van der Waals surface area contributed by atoms with E-state index < -0.39 is 7.60 Å². The van der Waals surface area contributed by atoms with E-state index in [0.29, 0.717) is 5.88 Å². The minimum absolute atomic E-state index is 0.223. The van der Waals surface area contributed by atoms with Crippen LogP contribution >= 0.6 is 7.60 Å². The van der Waals surface area contributed by atoms with Gasteiger partial charge in [-0.25, -0.2) is 4.98 Å². The fourth-order valence-electron chi connectivity index (χ4n) is 1.23. The van der Waals surface area contributed by atoms with Crippen LogP contribution in [0.25, 0.3) is 0 Å². The molecule has 0 aliphatic heterocycles. The summed E-state index contributed by atoms with van der Waals surface area (Å²) >= 11 is 0. The highest BCUT2D eigenvalue weighted by Gasteiger charge is 2.34. The minimum atomic E-state index is -3.36. The average molecular weight is 248 g/mol. The van der Waals surface area contributed by atoms with Crippen molar-refractivity contribution in [3.05, 3.63) is 6.39 Å². The number of aromatic nitrogens is 1. The number of nitrogens with zero attached hydrogens (tertiary/aromatic N) is 2. The highest BCUT2D eigenvalue weighted by Crippen LogP contribution is 2.48. The van der Waals surface area contributed by atoms with Gasteiger partial charge in [-0.1, -0.05) is 0 Å². The van der Waals surface area contributed by atoms with E-state index in [1.807, 2.05) is 0 Å². The zero-order valence-corrected chi connectivity index (χ0v) is 10.9. The summed E-state index contributed by atoms with van der Waals surface area (Å²) in [5.41, 5.74) is 0.223. The summed E-state index contributed by atoms with van der Waals surface area (Å²) in [6.45, 7) is 4.08. The van der Waals surface area contributed by atoms with Gasteiger partial charge in [-0.2, -0.15) is 0 Å². The summed E-state index contributed by atoms with van der Waals surface area (Å²) in [7, 11) is 0.178. The molecule has 0 unspecified atom stereocenters. The van der Waals surface area contributed by atoms with E-state index in [1.54, 1.807) is 32.8 Å². The number of anilines is 1. The Kier molecular flexibility index (Phi) is 4.53. The molecule has 16 heavy (non-hydrogen) atoms. The van der Waals surface area contributed by atoms with Gasteiger partial charge in [-0.05, 0) is 13.8 Å². The molecule has 0 amide bonds. The van der Waals surface area contributed by atoms with Crippen LogP contribution in [0.2, 0.25) is 0 Å². The molecule has 0 bridgehead atoms. The van der Waals surface area contributed by atoms with Crippen LogP contribution in [0, 0.1) is 0 Å². The van der Waals surface area contributed by atoms with Crippen LogP contribution in [-0.2, 0) is 13.6 Å². The van der Waals surface area contributed by atoms with Crippen LogP contribution in [0.5, 0.6) is 0 Å². The van der Waals surface area contributed by atoms with Crippen LogP contribution in [0.1, 0.15) is 13.8 Å². The summed E-state index contributed by atoms with van der Waals surface area (Å²) in [4.78, 5) is 5.60. The maximum Gasteiger partial charge on any atom is 0.385 e. The standard InChI is InChI=1S/C9H17N2O4P/c1-5-14-16(12,15-6-2)8-9(11(3)4)13-7-10-8/h7H,5-6H2,1-4H3. The second-order valence-electron chi connectivity index (χ2n) is 3.21. The molecule has 0 spiro atoms. The first-order valence-corrected chi connectivity index (χ1v) is 6.60. The lowest BCUT2D eigenvalue weighted by Gasteiger charge is -2.17. The lowest BCUT2D eigenvalue weighted by Crippen LogP contribution is -2.20. The molecule has 0 radical (unpaired) electrons. The van der Waals surface area contributed by atoms with E-state index in [1.165, 1.54) is 6.39 Å². The van der Waals surface area contributed by atoms with Gasteiger partial charge >= 0.3 is 7.60 Å². The smallest absolute Gasteiger partial charge is 0.385 e. The van der Waals surface area contributed by atoms with Crippen molar-refractivity contribution in [3.8, 4) is 0 Å². The Morgan fingerprint density at radius 2 is 1.94 bits per heavy atom. The first-order valence-electron chi connectivity index (χ1n) is 5.05. The topological polar surface area (TPSA) is 64.8 Å². The summed E-state index contributed by atoms with van der Waals surface area (Å²) < 4.78 is 27.9. The van der Waals surface area contributed by atoms with Gasteiger partial charge in [0.25, 0.3) is 0 Å². The van der Waals surface area contributed by atoms with Gasteiger partial charge < -0.3 is 18.4 Å². The highest BCUT2D eigenvalue weighted by molar-refractivity contribution is 7.62. The van der Waals surface area contributed by atoms with Crippen LogP contribution in [-0.4, -0.2) is 32.3 Å². The van der Waals surface area contributed by atoms with Crippen LogP contribution in [0.4, 0.5) is 5.88 Å². The van der Waals surface area contributed by atoms with Crippen molar-refractivity contribution in [2.75, 3.05) is 32.2 Å². The number of hydrogen-bond acceptors (Lipinski definition) is 6. The molecule has 1 aromatic rings. The second kappa shape index (κ2) is 5.48. The Bertz CT molecular complexity index is 367. The van der Waals surface area contributed by atoms with Gasteiger partial charge in [-0.15, -0.1) is 0 Å². The predicted octanol–water partition coefficient (Wildman–Crippen LogP) is 1.63. The molecule has 0 aliphatic carbocycles. The highest BCUT2D eigenvalue weighted by atomic mass is 31.2. The van der Waals surface area contributed by atoms with Crippen LogP contribution < -0.4 is 10.3 Å². The first-order chi connectivity index (χ1) is 7.55. The largest absolute Gasteiger partial charge is 0.427 e. The zero-order chi connectivity index (χ0) is 12.2. The molecule has 0 N–H and O–H groups in total. The van der Waals surface area contributed by atoms with Gasteiger partial charge in [0.05, 0.1) is 13.2 Å². The van der Waals surface area contributed by atoms with Crippen molar-refractivity contribution < 1.29 is 18.0 Å². The molecule has 1 heterocycles. The molecule has 1 rings (SSSR count). The van der Waals surface area contributed by atoms with E-state index in [-0.39, 0.29) is 18.6 Å².